The zero-order valence-electron chi connectivity index (χ0n) is 18.0. The van der Waals surface area contributed by atoms with E-state index in [1.165, 1.54) is 36.4 Å². The fourth-order valence-electron chi connectivity index (χ4n) is 3.35. The summed E-state index contributed by atoms with van der Waals surface area (Å²) >= 11 is 12.0. The number of benzene rings is 3. The Labute approximate surface area is 226 Å². The van der Waals surface area contributed by atoms with Crippen molar-refractivity contribution in [3.8, 4) is 5.75 Å². The van der Waals surface area contributed by atoms with Crippen LogP contribution in [0.1, 0.15) is 11.1 Å². The molecule has 8 nitrogen and oxygen atoms in total. The van der Waals surface area contributed by atoms with Gasteiger partial charge in [0, 0.05) is 12.1 Å². The summed E-state index contributed by atoms with van der Waals surface area (Å²) in [4.78, 5) is 36.9. The van der Waals surface area contributed by atoms with E-state index in [4.69, 9.17) is 17.0 Å². The quantitative estimate of drug-likeness (QED) is 0.123. The number of amides is 2. The Kier molecular flexibility index (Phi) is 7.57. The van der Waals surface area contributed by atoms with Crippen LogP contribution in [0.5, 0.6) is 5.75 Å². The minimum atomic E-state index is -0.764. The first-order chi connectivity index (χ1) is 17.2. The maximum Gasteiger partial charge on any atom is 0.270 e. The number of halogens is 3. The summed E-state index contributed by atoms with van der Waals surface area (Å²) in [6, 6.07) is 14.9. The Bertz CT molecular complexity index is 1420. The SMILES string of the molecule is O=C1NC(=S)N(c2ccccc2F)C(=O)/C1=C/c1cc(Br)c(OCc2ccc([N+](=O)[O-])cc2)c(Br)c1. The first-order valence-electron chi connectivity index (χ1n) is 10.2. The minimum Gasteiger partial charge on any atom is -0.487 e. The third-order valence-corrected chi connectivity index (χ3v) is 6.52. The largest absolute Gasteiger partial charge is 0.487 e. The monoisotopic (exact) mass is 633 g/mol. The molecule has 36 heavy (non-hydrogen) atoms. The third-order valence-electron chi connectivity index (χ3n) is 5.06. The molecule has 0 spiro atoms. The van der Waals surface area contributed by atoms with E-state index < -0.39 is 22.6 Å². The van der Waals surface area contributed by atoms with E-state index in [-0.39, 0.29) is 28.7 Å². The van der Waals surface area contributed by atoms with Gasteiger partial charge in [-0.05, 0) is 97.7 Å². The molecule has 0 aliphatic carbocycles. The third kappa shape index (κ3) is 5.35. The Morgan fingerprint density at radius 1 is 1.08 bits per heavy atom. The zero-order valence-corrected chi connectivity index (χ0v) is 22.0. The van der Waals surface area contributed by atoms with Crippen LogP contribution in [0.15, 0.2) is 75.2 Å². The van der Waals surface area contributed by atoms with Gasteiger partial charge >= 0.3 is 0 Å². The predicted molar refractivity (Wildman–Crippen MR) is 142 cm³/mol. The first kappa shape index (κ1) is 25.6. The number of non-ortho nitro benzene ring substituents is 1. The van der Waals surface area contributed by atoms with Crippen LogP contribution in [0.4, 0.5) is 15.8 Å². The Morgan fingerprint density at radius 3 is 2.33 bits per heavy atom. The highest BCUT2D eigenvalue weighted by molar-refractivity contribution is 9.11. The molecule has 3 aromatic carbocycles. The Balaban J connectivity index is 1.58. The fourth-order valence-corrected chi connectivity index (χ4v) is 5.07. The average molecular weight is 635 g/mol. The molecule has 0 aromatic heterocycles. The van der Waals surface area contributed by atoms with Crippen molar-refractivity contribution in [3.05, 3.63) is 102 Å². The van der Waals surface area contributed by atoms with Crippen molar-refractivity contribution in [1.29, 1.82) is 0 Å². The van der Waals surface area contributed by atoms with Crippen LogP contribution in [-0.2, 0) is 16.2 Å². The molecule has 12 heteroatoms. The van der Waals surface area contributed by atoms with Crippen LogP contribution in [0.3, 0.4) is 0 Å². The van der Waals surface area contributed by atoms with Gasteiger partial charge in [-0.15, -0.1) is 0 Å². The second-order valence-electron chi connectivity index (χ2n) is 7.44. The van der Waals surface area contributed by atoms with Gasteiger partial charge in [0.05, 0.1) is 19.6 Å². The number of nitrogens with zero attached hydrogens (tertiary/aromatic N) is 2. The van der Waals surface area contributed by atoms with Gasteiger partial charge in [-0.1, -0.05) is 12.1 Å². The number of nitrogens with one attached hydrogen (secondary N) is 1. The van der Waals surface area contributed by atoms with E-state index in [0.717, 1.165) is 10.5 Å². The van der Waals surface area contributed by atoms with Gasteiger partial charge in [0.1, 0.15) is 23.7 Å². The summed E-state index contributed by atoms with van der Waals surface area (Å²) in [6.07, 6.45) is 1.36. The van der Waals surface area contributed by atoms with E-state index >= 15 is 0 Å². The summed E-state index contributed by atoms with van der Waals surface area (Å²) in [5.74, 6) is -1.68. The van der Waals surface area contributed by atoms with Crippen molar-refractivity contribution in [2.24, 2.45) is 0 Å². The van der Waals surface area contributed by atoms with Crippen LogP contribution in [-0.4, -0.2) is 21.9 Å². The topological polar surface area (TPSA) is 102 Å². The summed E-state index contributed by atoms with van der Waals surface area (Å²) in [7, 11) is 0. The lowest BCUT2D eigenvalue weighted by Crippen LogP contribution is -2.54. The molecular formula is C24H14Br2FN3O5S. The van der Waals surface area contributed by atoms with Crippen molar-refractivity contribution in [3.63, 3.8) is 0 Å². The second kappa shape index (κ2) is 10.6. The highest BCUT2D eigenvalue weighted by atomic mass is 79.9. The molecule has 1 saturated heterocycles. The predicted octanol–water partition coefficient (Wildman–Crippen LogP) is 5.67. The van der Waals surface area contributed by atoms with E-state index in [1.807, 2.05) is 0 Å². The highest BCUT2D eigenvalue weighted by Crippen LogP contribution is 2.36. The molecule has 1 aliphatic heterocycles. The molecule has 0 bridgehead atoms. The van der Waals surface area contributed by atoms with Gasteiger partial charge < -0.3 is 4.74 Å². The van der Waals surface area contributed by atoms with E-state index in [1.54, 1.807) is 30.3 Å². The van der Waals surface area contributed by atoms with Crippen molar-refractivity contribution in [1.82, 2.24) is 5.32 Å². The molecule has 3 aromatic rings. The molecule has 0 atom stereocenters. The minimum absolute atomic E-state index is 0.0193. The number of anilines is 1. The molecule has 1 N–H and O–H groups in total. The van der Waals surface area contributed by atoms with Crippen LogP contribution >= 0.6 is 44.1 Å². The zero-order chi connectivity index (χ0) is 26.0. The summed E-state index contributed by atoms with van der Waals surface area (Å²) in [5, 5.41) is 13.0. The number of thiocarbonyl (C=S) groups is 1. The lowest BCUT2D eigenvalue weighted by atomic mass is 10.1. The van der Waals surface area contributed by atoms with Gasteiger partial charge in [-0.3, -0.25) is 25.0 Å². The van der Waals surface area contributed by atoms with Crippen molar-refractivity contribution < 1.29 is 23.6 Å². The molecule has 2 amide bonds. The Hall–Kier alpha value is -3.48. The maximum absolute atomic E-state index is 14.3. The number of hydrogen-bond donors (Lipinski definition) is 1. The van der Waals surface area contributed by atoms with Gasteiger partial charge in [-0.2, -0.15) is 0 Å². The smallest absolute Gasteiger partial charge is 0.270 e. The Morgan fingerprint density at radius 2 is 1.72 bits per heavy atom. The lowest BCUT2D eigenvalue weighted by molar-refractivity contribution is -0.384. The normalized spacial score (nSPS) is 14.7. The fraction of sp³-hybridized carbons (Fsp3) is 0.0417. The summed E-state index contributed by atoms with van der Waals surface area (Å²) in [6.45, 7) is 0.144. The molecule has 1 aliphatic rings. The number of nitro benzene ring substituents is 1. The number of hydrogen-bond acceptors (Lipinski definition) is 6. The van der Waals surface area contributed by atoms with Gasteiger partial charge in [-0.25, -0.2) is 9.29 Å². The molecule has 0 radical (unpaired) electrons. The summed E-state index contributed by atoms with van der Waals surface area (Å²) < 4.78 is 21.2. The maximum atomic E-state index is 14.3. The number of rotatable bonds is 6. The van der Waals surface area contributed by atoms with Crippen molar-refractivity contribution in [2.75, 3.05) is 4.90 Å². The first-order valence-corrected chi connectivity index (χ1v) is 12.2. The van der Waals surface area contributed by atoms with Crippen LogP contribution in [0.25, 0.3) is 6.08 Å². The number of carbonyl (C=O) groups is 2. The van der Waals surface area contributed by atoms with E-state index in [0.29, 0.717) is 20.3 Å². The molecule has 1 heterocycles. The number of para-hydroxylation sites is 1. The van der Waals surface area contributed by atoms with Crippen molar-refractivity contribution >= 4 is 78.5 Å². The molecule has 4 rings (SSSR count). The molecule has 0 unspecified atom stereocenters. The second-order valence-corrected chi connectivity index (χ2v) is 9.53. The van der Waals surface area contributed by atoms with Crippen LogP contribution < -0.4 is 15.0 Å². The average Bonchev–Trinajstić information content (AvgIpc) is 2.82. The van der Waals surface area contributed by atoms with E-state index in [2.05, 4.69) is 37.2 Å². The van der Waals surface area contributed by atoms with Crippen molar-refractivity contribution in [2.45, 2.75) is 6.61 Å². The van der Waals surface area contributed by atoms with Crippen LogP contribution in [0.2, 0.25) is 0 Å². The van der Waals surface area contributed by atoms with Crippen LogP contribution in [0, 0.1) is 15.9 Å². The summed E-state index contributed by atoms with van der Waals surface area (Å²) in [5.41, 5.74) is 0.880. The number of ether oxygens (including phenoxy) is 1. The molecular weight excluding hydrogens is 621 g/mol. The van der Waals surface area contributed by atoms with E-state index in [9.17, 15) is 24.1 Å². The number of carbonyl (C=O) groups excluding carboxylic acids is 2. The van der Waals surface area contributed by atoms with Gasteiger partial charge in [0.15, 0.2) is 5.11 Å². The lowest BCUT2D eigenvalue weighted by Gasteiger charge is -2.29. The van der Waals surface area contributed by atoms with Gasteiger partial charge in [0.25, 0.3) is 17.5 Å². The molecule has 1 fully saturated rings. The van der Waals surface area contributed by atoms with Gasteiger partial charge in [0.2, 0.25) is 0 Å². The number of nitro groups is 1. The highest BCUT2D eigenvalue weighted by Gasteiger charge is 2.35. The molecule has 182 valence electrons. The molecule has 0 saturated carbocycles. The standard InChI is InChI=1S/C24H14Br2FN3O5S/c25-17-10-14(11-18(26)21(17)35-12-13-5-7-15(8-6-13)30(33)34)9-16-22(31)28-24(36)29(23(16)32)20-4-2-1-3-19(20)27/h1-11H,12H2,(H,28,31,36)/b16-9+.